The van der Waals surface area contributed by atoms with E-state index in [1.807, 2.05) is 0 Å². The fraction of sp³-hybridized carbons (Fsp3) is 0.357. The Morgan fingerprint density at radius 1 is 1.00 bits per heavy atom. The summed E-state index contributed by atoms with van der Waals surface area (Å²) in [6.07, 6.45) is 1.24. The summed E-state index contributed by atoms with van der Waals surface area (Å²) in [5.74, 6) is -0.713. The number of Topliss-reactive ketones (excluding diaryl/α,β-unsaturated/α-hetero) is 1. The lowest BCUT2D eigenvalue weighted by Crippen LogP contribution is -2.63. The molecule has 0 unspecified atom stereocenters. The van der Waals surface area contributed by atoms with E-state index in [1.54, 1.807) is 36.4 Å². The molecule has 36 heavy (non-hydrogen) atoms. The van der Waals surface area contributed by atoms with Crippen LogP contribution in [-0.2, 0) is 9.53 Å². The average molecular weight is 531 g/mol. The second-order valence-electron chi connectivity index (χ2n) is 9.94. The van der Waals surface area contributed by atoms with Gasteiger partial charge < -0.3 is 9.22 Å². The molecule has 4 nitrogen and oxygen atoms in total. The first-order chi connectivity index (χ1) is 17.3. The predicted octanol–water partition coefficient (Wildman–Crippen LogP) is 6.44. The van der Waals surface area contributed by atoms with E-state index in [0.717, 1.165) is 32.5 Å². The first-order valence-electron chi connectivity index (χ1n) is 12.1. The van der Waals surface area contributed by atoms with Crippen molar-refractivity contribution in [3.8, 4) is 0 Å². The quantitative estimate of drug-likeness (QED) is 0.191. The summed E-state index contributed by atoms with van der Waals surface area (Å²) in [6.45, 7) is 3.01. The van der Waals surface area contributed by atoms with Gasteiger partial charge in [-0.3, -0.25) is 9.59 Å². The van der Waals surface area contributed by atoms with Gasteiger partial charge in [-0.05, 0) is 53.4 Å². The summed E-state index contributed by atoms with van der Waals surface area (Å²) in [5.41, 5.74) is 0.901. The lowest BCUT2D eigenvalue weighted by Gasteiger charge is -2.52. The van der Waals surface area contributed by atoms with Crippen LogP contribution in [0.25, 0.3) is 0 Å². The van der Waals surface area contributed by atoms with Crippen LogP contribution >= 0.6 is 22.9 Å². The van der Waals surface area contributed by atoms with Gasteiger partial charge in [0.15, 0.2) is 6.10 Å². The molecule has 2 bridgehead atoms. The minimum atomic E-state index is -0.904. The van der Waals surface area contributed by atoms with Crippen LogP contribution in [0.1, 0.15) is 46.2 Å². The number of hydrogen-bond donors (Lipinski definition) is 0. The van der Waals surface area contributed by atoms with Crippen LogP contribution in [0, 0.1) is 23.5 Å². The molecule has 3 saturated heterocycles. The Hall–Kier alpha value is -2.61. The van der Waals surface area contributed by atoms with Gasteiger partial charge in [-0.1, -0.05) is 35.9 Å². The molecule has 0 spiro atoms. The fourth-order valence-electron chi connectivity index (χ4n) is 5.80. The van der Waals surface area contributed by atoms with Gasteiger partial charge in [-0.2, -0.15) is 0 Å². The highest BCUT2D eigenvalue weighted by Gasteiger charge is 2.47. The first kappa shape index (κ1) is 25.1. The number of thiophene rings is 1. The smallest absolute Gasteiger partial charge is 0.307 e. The number of esters is 1. The molecule has 3 fully saturated rings. The summed E-state index contributed by atoms with van der Waals surface area (Å²) in [6, 6.07) is 15.2. The first-order valence-corrected chi connectivity index (χ1v) is 13.3. The lowest BCUT2D eigenvalue weighted by molar-refractivity contribution is -0.939. The van der Waals surface area contributed by atoms with Gasteiger partial charge >= 0.3 is 5.97 Å². The lowest BCUT2D eigenvalue weighted by atomic mass is 9.75. The Labute approximate surface area is 218 Å². The average Bonchev–Trinajstić information content (AvgIpc) is 3.29. The molecule has 3 aliphatic rings. The van der Waals surface area contributed by atoms with Crippen LogP contribution in [0.4, 0.5) is 8.78 Å². The number of ketones is 1. The summed E-state index contributed by atoms with van der Waals surface area (Å²) < 4.78 is 35.1. The van der Waals surface area contributed by atoms with Crippen molar-refractivity contribution in [1.82, 2.24) is 0 Å². The maximum atomic E-state index is 14.0. The Balaban J connectivity index is 1.30. The standard InChI is InChI=1S/C28H27ClF2NO3S/c29-26-8-7-25(36-26)24(33)17-32-11-9-18(10-12-32)21(16-32)15-27(34)35-28(19-3-1-5-22(30)13-19)20-4-2-6-23(31)14-20/h1-8,13-14,18,21,28H,9-12,15-17H2/q+1/t18?,21-,32?/m0/s1. The van der Waals surface area contributed by atoms with E-state index in [0.29, 0.717) is 37.3 Å². The van der Waals surface area contributed by atoms with Gasteiger partial charge in [0.1, 0.15) is 18.2 Å². The highest BCUT2D eigenvalue weighted by atomic mass is 35.5. The van der Waals surface area contributed by atoms with Crippen molar-refractivity contribution in [2.24, 2.45) is 11.8 Å². The number of carbonyl (C=O) groups is 2. The summed E-state index contributed by atoms with van der Waals surface area (Å²) in [5, 5.41) is 0. The molecular formula is C28H27ClF2NO3S+. The van der Waals surface area contributed by atoms with Gasteiger partial charge in [0, 0.05) is 18.8 Å². The third-order valence-electron chi connectivity index (χ3n) is 7.54. The Morgan fingerprint density at radius 3 is 2.19 bits per heavy atom. The second kappa shape index (κ2) is 10.4. The number of benzene rings is 2. The van der Waals surface area contributed by atoms with E-state index >= 15 is 0 Å². The number of carbonyl (C=O) groups excluding carboxylic acids is 2. The third kappa shape index (κ3) is 5.53. The molecule has 0 radical (unpaired) electrons. The number of quaternary nitrogens is 1. The van der Waals surface area contributed by atoms with E-state index in [4.69, 9.17) is 16.3 Å². The van der Waals surface area contributed by atoms with Crippen molar-refractivity contribution in [1.29, 1.82) is 0 Å². The number of halogens is 3. The molecule has 1 aromatic heterocycles. The Kier molecular flexibility index (Phi) is 7.24. The maximum absolute atomic E-state index is 14.0. The SMILES string of the molecule is O=C(C[C@H]1C[N+]2(CC(=O)c3ccc(Cl)s3)CCC1CC2)OC(c1cccc(F)c1)c1cccc(F)c1. The van der Waals surface area contributed by atoms with Crippen molar-refractivity contribution < 1.29 is 27.6 Å². The van der Waals surface area contributed by atoms with E-state index in [9.17, 15) is 18.4 Å². The molecule has 8 heteroatoms. The molecule has 1 atom stereocenters. The number of piperidine rings is 3. The third-order valence-corrected chi connectivity index (χ3v) is 8.82. The minimum Gasteiger partial charge on any atom is -0.453 e. The second-order valence-corrected chi connectivity index (χ2v) is 11.7. The highest BCUT2D eigenvalue weighted by molar-refractivity contribution is 7.18. The van der Waals surface area contributed by atoms with Gasteiger partial charge in [0.2, 0.25) is 5.78 Å². The van der Waals surface area contributed by atoms with E-state index in [-0.39, 0.29) is 18.1 Å². The summed E-state index contributed by atoms with van der Waals surface area (Å²) in [4.78, 5) is 26.8. The number of ether oxygens (including phenoxy) is 1. The van der Waals surface area contributed by atoms with E-state index in [1.165, 1.54) is 35.6 Å². The normalized spacial score (nSPS) is 23.1. The molecule has 3 aromatic rings. The van der Waals surface area contributed by atoms with Crippen molar-refractivity contribution in [2.45, 2.75) is 25.4 Å². The van der Waals surface area contributed by atoms with Crippen LogP contribution in [0.3, 0.4) is 0 Å². The number of fused-ring (bicyclic) bond motifs is 3. The zero-order valence-electron chi connectivity index (χ0n) is 19.7. The van der Waals surface area contributed by atoms with Gasteiger partial charge in [0.25, 0.3) is 0 Å². The van der Waals surface area contributed by atoms with Gasteiger partial charge in [-0.25, -0.2) is 8.78 Å². The van der Waals surface area contributed by atoms with Crippen molar-refractivity contribution in [2.75, 3.05) is 26.2 Å². The molecule has 0 saturated carbocycles. The van der Waals surface area contributed by atoms with Crippen LogP contribution in [0.2, 0.25) is 4.34 Å². The maximum Gasteiger partial charge on any atom is 0.307 e. The minimum absolute atomic E-state index is 0.0887. The summed E-state index contributed by atoms with van der Waals surface area (Å²) in [7, 11) is 0. The summed E-state index contributed by atoms with van der Waals surface area (Å²) >= 11 is 7.32. The van der Waals surface area contributed by atoms with Gasteiger partial charge in [0.05, 0.1) is 35.3 Å². The molecule has 2 aromatic carbocycles. The molecule has 0 amide bonds. The zero-order valence-corrected chi connectivity index (χ0v) is 21.2. The molecular weight excluding hydrogens is 504 g/mol. The van der Waals surface area contributed by atoms with Crippen LogP contribution in [-0.4, -0.2) is 42.4 Å². The molecule has 0 aliphatic carbocycles. The van der Waals surface area contributed by atoms with Crippen molar-refractivity contribution in [3.63, 3.8) is 0 Å². The molecule has 3 aliphatic heterocycles. The van der Waals surface area contributed by atoms with Crippen LogP contribution < -0.4 is 0 Å². The number of rotatable bonds is 8. The fourth-order valence-corrected chi connectivity index (χ4v) is 6.77. The molecule has 0 N–H and O–H groups in total. The predicted molar refractivity (Wildman–Crippen MR) is 135 cm³/mol. The Bertz CT molecular complexity index is 1230. The monoisotopic (exact) mass is 530 g/mol. The zero-order chi connectivity index (χ0) is 25.3. The van der Waals surface area contributed by atoms with Crippen molar-refractivity contribution >= 4 is 34.7 Å². The van der Waals surface area contributed by atoms with E-state index in [2.05, 4.69) is 0 Å². The molecule has 188 valence electrons. The topological polar surface area (TPSA) is 43.4 Å². The highest BCUT2D eigenvalue weighted by Crippen LogP contribution is 2.40. The molecule has 4 heterocycles. The van der Waals surface area contributed by atoms with Gasteiger partial charge in [-0.15, -0.1) is 11.3 Å². The van der Waals surface area contributed by atoms with Crippen LogP contribution in [0.15, 0.2) is 60.7 Å². The van der Waals surface area contributed by atoms with Crippen LogP contribution in [0.5, 0.6) is 0 Å². The van der Waals surface area contributed by atoms with E-state index < -0.39 is 23.7 Å². The largest absolute Gasteiger partial charge is 0.453 e. The Morgan fingerprint density at radius 2 is 1.64 bits per heavy atom. The number of hydrogen-bond acceptors (Lipinski definition) is 4. The van der Waals surface area contributed by atoms with Crippen molar-refractivity contribution in [3.05, 3.63) is 92.6 Å². The number of nitrogens with zero attached hydrogens (tertiary/aromatic N) is 1. The molecule has 6 rings (SSSR count).